The number of benzene rings is 1. The number of para-hydroxylation sites is 1. The Morgan fingerprint density at radius 2 is 2.00 bits per heavy atom. The third-order valence-corrected chi connectivity index (χ3v) is 6.04. The van der Waals surface area contributed by atoms with Crippen LogP contribution < -0.4 is 21.1 Å². The second-order valence-electron chi connectivity index (χ2n) is 7.80. The number of hydrogen-bond acceptors (Lipinski definition) is 5. The van der Waals surface area contributed by atoms with Crippen LogP contribution in [0.25, 0.3) is 0 Å². The molecule has 1 aromatic carbocycles. The van der Waals surface area contributed by atoms with Gasteiger partial charge in [0.25, 0.3) is 0 Å². The molecule has 156 valence electrons. The fourth-order valence-electron chi connectivity index (χ4n) is 4.55. The van der Waals surface area contributed by atoms with Gasteiger partial charge in [0.1, 0.15) is 24.4 Å². The van der Waals surface area contributed by atoms with E-state index < -0.39 is 12.1 Å². The highest BCUT2D eigenvalue weighted by Gasteiger charge is 2.44. The van der Waals surface area contributed by atoms with Gasteiger partial charge in [0.15, 0.2) is 0 Å². The molecule has 9 nitrogen and oxygen atoms in total. The number of carbonyl (C=O) groups is 3. The predicted molar refractivity (Wildman–Crippen MR) is 105 cm³/mol. The summed E-state index contributed by atoms with van der Waals surface area (Å²) in [7, 11) is 1.56. The first-order valence-electron chi connectivity index (χ1n) is 10.1. The molecule has 4 atom stereocenters. The summed E-state index contributed by atoms with van der Waals surface area (Å²) in [4.78, 5) is 41.3. The minimum atomic E-state index is -0.848. The quantitative estimate of drug-likeness (QED) is 0.643. The van der Waals surface area contributed by atoms with E-state index in [1.807, 2.05) is 24.3 Å². The van der Waals surface area contributed by atoms with E-state index in [1.165, 1.54) is 0 Å². The molecule has 0 aliphatic carbocycles. The molecule has 29 heavy (non-hydrogen) atoms. The van der Waals surface area contributed by atoms with Crippen molar-refractivity contribution in [1.82, 2.24) is 20.4 Å². The van der Waals surface area contributed by atoms with Crippen molar-refractivity contribution in [2.75, 3.05) is 26.7 Å². The average molecular weight is 401 g/mol. The fraction of sp³-hybridized carbons (Fsp3) is 0.550. The summed E-state index contributed by atoms with van der Waals surface area (Å²) >= 11 is 0. The van der Waals surface area contributed by atoms with Crippen molar-refractivity contribution in [1.29, 1.82) is 0 Å². The first-order chi connectivity index (χ1) is 14.0. The van der Waals surface area contributed by atoms with E-state index in [-0.39, 0.29) is 36.5 Å². The number of rotatable bonds is 2. The number of amides is 4. The molecule has 2 fully saturated rings. The van der Waals surface area contributed by atoms with Crippen LogP contribution in [-0.2, 0) is 9.59 Å². The maximum atomic E-state index is 13.1. The van der Waals surface area contributed by atoms with Crippen LogP contribution >= 0.6 is 0 Å². The molecule has 4 amide bonds. The van der Waals surface area contributed by atoms with E-state index in [2.05, 4.69) is 10.6 Å². The summed E-state index contributed by atoms with van der Waals surface area (Å²) in [5.41, 5.74) is 7.06. The van der Waals surface area contributed by atoms with Gasteiger partial charge in [-0.25, -0.2) is 4.79 Å². The summed E-state index contributed by atoms with van der Waals surface area (Å²) in [6.45, 7) is 1.02. The summed E-state index contributed by atoms with van der Waals surface area (Å²) in [6.07, 6.45) is 1.94. The number of fused-ring (bicyclic) bond motifs is 2. The zero-order chi connectivity index (χ0) is 20.5. The minimum Gasteiger partial charge on any atom is -0.491 e. The highest BCUT2D eigenvalue weighted by Crippen LogP contribution is 2.33. The molecule has 3 aliphatic rings. The van der Waals surface area contributed by atoms with Crippen molar-refractivity contribution in [2.24, 2.45) is 5.73 Å². The van der Waals surface area contributed by atoms with E-state index in [0.717, 1.165) is 17.7 Å². The van der Waals surface area contributed by atoms with Gasteiger partial charge in [0.05, 0.1) is 6.04 Å². The lowest BCUT2D eigenvalue weighted by atomic mass is 10.1. The van der Waals surface area contributed by atoms with Crippen molar-refractivity contribution < 1.29 is 19.1 Å². The van der Waals surface area contributed by atoms with E-state index in [0.29, 0.717) is 26.0 Å². The Bertz CT molecular complexity index is 816. The Kier molecular flexibility index (Phi) is 5.31. The van der Waals surface area contributed by atoms with Crippen molar-refractivity contribution in [2.45, 2.75) is 43.4 Å². The predicted octanol–water partition coefficient (Wildman–Crippen LogP) is -0.0317. The van der Waals surface area contributed by atoms with Crippen molar-refractivity contribution in [3.05, 3.63) is 29.8 Å². The molecule has 0 saturated carbocycles. The lowest BCUT2D eigenvalue weighted by Crippen LogP contribution is -2.60. The van der Waals surface area contributed by atoms with Gasteiger partial charge >= 0.3 is 6.03 Å². The number of carbonyl (C=O) groups excluding carboxylic acids is 3. The number of nitrogens with one attached hydrogen (secondary N) is 2. The second kappa shape index (κ2) is 7.90. The normalized spacial score (nSPS) is 28.7. The molecular weight excluding hydrogens is 374 g/mol. The lowest BCUT2D eigenvalue weighted by Gasteiger charge is -2.37. The average Bonchev–Trinajstić information content (AvgIpc) is 3.33. The first-order valence-corrected chi connectivity index (χ1v) is 10.1. The summed E-state index contributed by atoms with van der Waals surface area (Å²) in [6, 6.07) is 5.68. The van der Waals surface area contributed by atoms with Gasteiger partial charge in [-0.2, -0.15) is 0 Å². The Labute approximate surface area is 169 Å². The molecular formula is C20H27N5O4. The number of hydrogen-bond donors (Lipinski definition) is 3. The Morgan fingerprint density at radius 1 is 1.21 bits per heavy atom. The molecule has 2 saturated heterocycles. The Hall–Kier alpha value is -2.81. The van der Waals surface area contributed by atoms with E-state index in [1.54, 1.807) is 16.8 Å². The molecule has 3 aliphatic heterocycles. The van der Waals surface area contributed by atoms with Crippen LogP contribution in [0.4, 0.5) is 4.79 Å². The number of nitrogens with zero attached hydrogens (tertiary/aromatic N) is 2. The molecule has 3 heterocycles. The molecule has 0 radical (unpaired) electrons. The van der Waals surface area contributed by atoms with Gasteiger partial charge in [-0.3, -0.25) is 9.59 Å². The van der Waals surface area contributed by atoms with Gasteiger partial charge in [-0.15, -0.1) is 0 Å². The monoisotopic (exact) mass is 401 g/mol. The molecule has 0 spiro atoms. The van der Waals surface area contributed by atoms with Gasteiger partial charge in [-0.1, -0.05) is 18.2 Å². The zero-order valence-corrected chi connectivity index (χ0v) is 16.5. The van der Waals surface area contributed by atoms with Crippen molar-refractivity contribution in [3.63, 3.8) is 0 Å². The van der Waals surface area contributed by atoms with Gasteiger partial charge < -0.3 is 30.9 Å². The van der Waals surface area contributed by atoms with Gasteiger partial charge in [0.2, 0.25) is 11.8 Å². The summed E-state index contributed by atoms with van der Waals surface area (Å²) in [5.74, 6) is 0.326. The van der Waals surface area contributed by atoms with Crippen LogP contribution in [0.2, 0.25) is 0 Å². The van der Waals surface area contributed by atoms with E-state index >= 15 is 0 Å². The third kappa shape index (κ3) is 3.62. The van der Waals surface area contributed by atoms with E-state index in [4.69, 9.17) is 10.5 Å². The zero-order valence-electron chi connectivity index (χ0n) is 16.5. The molecule has 0 bridgehead atoms. The van der Waals surface area contributed by atoms with Crippen molar-refractivity contribution >= 4 is 17.8 Å². The second-order valence-corrected chi connectivity index (χ2v) is 7.80. The highest BCUT2D eigenvalue weighted by molar-refractivity contribution is 5.91. The van der Waals surface area contributed by atoms with Crippen LogP contribution in [0.5, 0.6) is 5.75 Å². The van der Waals surface area contributed by atoms with Crippen LogP contribution in [0.3, 0.4) is 0 Å². The molecule has 4 rings (SSSR count). The number of ether oxygens (including phenoxy) is 1. The summed E-state index contributed by atoms with van der Waals surface area (Å²) < 4.78 is 5.64. The molecule has 1 unspecified atom stereocenters. The molecule has 9 heteroatoms. The van der Waals surface area contributed by atoms with Crippen molar-refractivity contribution in [3.8, 4) is 5.75 Å². The van der Waals surface area contributed by atoms with Crippen LogP contribution in [0.15, 0.2) is 24.3 Å². The molecule has 1 aromatic rings. The topological polar surface area (TPSA) is 117 Å². The van der Waals surface area contributed by atoms with E-state index in [9.17, 15) is 14.4 Å². The fourth-order valence-corrected chi connectivity index (χ4v) is 4.55. The Balaban J connectivity index is 1.47. The molecule has 0 aromatic heterocycles. The SMILES string of the molecule is CNC(=O)N1CC[C@H]2CC[C@@H](C(=O)NC3COc4ccccc43)N2C(=O)[C@@H](N)C1. The van der Waals surface area contributed by atoms with Gasteiger partial charge in [0, 0.05) is 31.7 Å². The summed E-state index contributed by atoms with van der Waals surface area (Å²) in [5, 5.41) is 5.63. The lowest BCUT2D eigenvalue weighted by molar-refractivity contribution is -0.142. The Morgan fingerprint density at radius 3 is 2.79 bits per heavy atom. The van der Waals surface area contributed by atoms with Crippen LogP contribution in [0.1, 0.15) is 30.9 Å². The van der Waals surface area contributed by atoms with Crippen LogP contribution in [0, 0.1) is 0 Å². The smallest absolute Gasteiger partial charge is 0.317 e. The highest BCUT2D eigenvalue weighted by atomic mass is 16.5. The first kappa shape index (κ1) is 19.5. The molecule has 4 N–H and O–H groups in total. The largest absolute Gasteiger partial charge is 0.491 e. The minimum absolute atomic E-state index is 0.0936. The number of urea groups is 1. The van der Waals surface area contributed by atoms with Gasteiger partial charge in [-0.05, 0) is 25.3 Å². The standard InChI is InChI=1S/C20H27N5O4/c1-22-20(28)24-9-8-12-6-7-16(25(12)19(27)14(21)10-24)18(26)23-15-11-29-17-5-3-2-4-13(15)17/h2-5,12,14-16H,6-11,21H2,1H3,(H,22,28)(H,23,26)/t12-,14+,15?,16+/m1/s1. The number of nitrogens with two attached hydrogens (primary N) is 1. The maximum Gasteiger partial charge on any atom is 0.317 e. The van der Waals surface area contributed by atoms with Crippen LogP contribution in [-0.4, -0.2) is 72.5 Å². The third-order valence-electron chi connectivity index (χ3n) is 6.04. The maximum absolute atomic E-state index is 13.1.